The standard InChI is InChI=1S/C27H21NO4.C26H19NO4.C23H21NO4.C22H19NO4/c1-2-4-17(5-3-1)10-11-28-14-22-19(8-9-23-27(22)32-16-29-23)20-7-6-18-12-24-25(31-15-30-24)13-21(18)26(20)28;1-2-4-16(5-3-1)12-27-13-21-18(8-9-22-26(21)31-15-28-22)19-7-6-17-10-23-24(30-14-29-23)11-20(17)25(19)27;1-2-3-8-24-11-18-15(6-7-19-23(18)28-13-25-19)16-5-4-14-9-20-21(27-12-26-20)10-17(14)22(16)24;1-2-7-23-10-17-14(5-6-18-22(17)27-12-24-18)15-4-3-13-8-19-20(26-11-25-19)9-16(13)21(15)23/h1-9,12-13H,10-11,14-16H2;1-11H,12-15H2;4-7,9-10H,2-3,8,11-13H2,1H3;3-6,8-9H,2,7,10-12H2,1H3. The van der Waals surface area contributed by atoms with Gasteiger partial charge < -0.3 is 95.4 Å². The Morgan fingerprint density at radius 2 is 0.517 bits per heavy atom. The summed E-state index contributed by atoms with van der Waals surface area (Å²) >= 11 is 0. The van der Waals surface area contributed by atoms with Crippen molar-refractivity contribution in [1.82, 2.24) is 0 Å². The molecule has 20 nitrogen and oxygen atoms in total. The number of benzene rings is 14. The molecular weight excluding hydrogens is 1490 g/mol. The van der Waals surface area contributed by atoms with E-state index in [9.17, 15) is 0 Å². The zero-order valence-corrected chi connectivity index (χ0v) is 65.1. The molecule has 0 fully saturated rings. The average molecular weight is 1570 g/mol. The van der Waals surface area contributed by atoms with E-state index >= 15 is 0 Å². The molecule has 0 bridgehead atoms. The molecule has 0 amide bonds. The minimum atomic E-state index is 0.272. The van der Waals surface area contributed by atoms with E-state index in [1.54, 1.807) is 0 Å². The van der Waals surface area contributed by atoms with Crippen LogP contribution in [0.1, 0.15) is 66.5 Å². The maximum absolute atomic E-state index is 5.89. The van der Waals surface area contributed by atoms with E-state index in [4.69, 9.17) is 75.8 Å². The zero-order chi connectivity index (χ0) is 78.1. The van der Waals surface area contributed by atoms with Crippen LogP contribution >= 0.6 is 0 Å². The van der Waals surface area contributed by atoms with E-state index in [1.165, 1.54) is 133 Å². The molecule has 20 heteroatoms. The van der Waals surface area contributed by atoms with Crippen LogP contribution in [-0.4, -0.2) is 74.0 Å². The third-order valence-corrected chi connectivity index (χ3v) is 24.3. The van der Waals surface area contributed by atoms with Crippen LogP contribution in [0.2, 0.25) is 0 Å². The van der Waals surface area contributed by atoms with Crippen LogP contribution in [0.4, 0.5) is 22.7 Å². The predicted octanol–water partition coefficient (Wildman–Crippen LogP) is 20.8. The summed E-state index contributed by atoms with van der Waals surface area (Å²) in [6, 6.07) is 72.3. The van der Waals surface area contributed by atoms with Gasteiger partial charge in [-0.3, -0.25) is 0 Å². The first-order valence-electron chi connectivity index (χ1n) is 40.6. The Labute approximate surface area is 680 Å². The Balaban J connectivity index is 0.0000000925. The Kier molecular flexibility index (Phi) is 16.8. The van der Waals surface area contributed by atoms with E-state index in [2.05, 4.69) is 215 Å². The normalized spacial score (nSPS) is 15.4. The van der Waals surface area contributed by atoms with Crippen molar-refractivity contribution in [3.05, 3.63) is 240 Å². The summed E-state index contributed by atoms with van der Waals surface area (Å²) in [5.41, 5.74) is 22.1. The smallest absolute Gasteiger partial charge is 0.231 e. The van der Waals surface area contributed by atoms with Gasteiger partial charge in [0.1, 0.15) is 0 Å². The number of anilines is 4. The van der Waals surface area contributed by atoms with Gasteiger partial charge in [-0.05, 0) is 171 Å². The van der Waals surface area contributed by atoms with Gasteiger partial charge in [0.2, 0.25) is 54.3 Å². The highest BCUT2D eigenvalue weighted by atomic mass is 16.7. The van der Waals surface area contributed by atoms with Crippen molar-refractivity contribution >= 4 is 65.8 Å². The van der Waals surface area contributed by atoms with Crippen LogP contribution in [0, 0.1) is 0 Å². The molecule has 12 aliphatic heterocycles. The number of fused-ring (bicyclic) bond motifs is 32. The monoisotopic (exact) mass is 1570 g/mol. The second kappa shape index (κ2) is 28.5. The summed E-state index contributed by atoms with van der Waals surface area (Å²) in [5.74, 6) is 13.4. The Hall–Kier alpha value is -13.9. The van der Waals surface area contributed by atoms with Gasteiger partial charge in [-0.25, -0.2) is 0 Å². The van der Waals surface area contributed by atoms with Gasteiger partial charge in [-0.2, -0.15) is 0 Å². The van der Waals surface area contributed by atoms with Crippen LogP contribution in [0.25, 0.3) is 87.6 Å². The Bertz CT molecular complexity index is 6460. The molecule has 0 radical (unpaired) electrons. The maximum atomic E-state index is 5.89. The summed E-state index contributed by atoms with van der Waals surface area (Å²) < 4.78 is 91.0. The Morgan fingerprint density at radius 1 is 0.237 bits per heavy atom. The van der Waals surface area contributed by atoms with Crippen molar-refractivity contribution in [3.63, 3.8) is 0 Å². The molecule has 26 rings (SSSR count). The van der Waals surface area contributed by atoms with Gasteiger partial charge >= 0.3 is 0 Å². The summed E-state index contributed by atoms with van der Waals surface area (Å²) in [5, 5.41) is 9.41. The van der Waals surface area contributed by atoms with Crippen LogP contribution < -0.4 is 95.4 Å². The van der Waals surface area contributed by atoms with Gasteiger partial charge in [0.15, 0.2) is 92.0 Å². The highest BCUT2D eigenvalue weighted by molar-refractivity contribution is 6.10. The number of rotatable bonds is 10. The van der Waals surface area contributed by atoms with Gasteiger partial charge in [0.25, 0.3) is 0 Å². The molecule has 0 saturated heterocycles. The fourth-order valence-electron chi connectivity index (χ4n) is 18.9. The van der Waals surface area contributed by atoms with E-state index in [0.29, 0.717) is 27.2 Å². The lowest BCUT2D eigenvalue weighted by atomic mass is 9.89. The molecule has 0 atom stereocenters. The molecule has 14 aromatic carbocycles. The van der Waals surface area contributed by atoms with Crippen molar-refractivity contribution < 1.29 is 75.8 Å². The molecule has 0 spiro atoms. The van der Waals surface area contributed by atoms with Crippen LogP contribution in [0.5, 0.6) is 92.0 Å². The first-order chi connectivity index (χ1) is 58.4. The van der Waals surface area contributed by atoms with E-state index in [0.717, 1.165) is 181 Å². The molecular formula is C98H80N4O16. The van der Waals surface area contributed by atoms with Crippen molar-refractivity contribution in [1.29, 1.82) is 0 Å². The minimum Gasteiger partial charge on any atom is -0.454 e. The topological polar surface area (TPSA) is 161 Å². The summed E-state index contributed by atoms with van der Waals surface area (Å²) in [7, 11) is 0. The highest BCUT2D eigenvalue weighted by Gasteiger charge is 2.37. The second-order valence-electron chi connectivity index (χ2n) is 31.1. The fourth-order valence-corrected chi connectivity index (χ4v) is 18.9. The number of hydrogen-bond acceptors (Lipinski definition) is 20. The third-order valence-electron chi connectivity index (χ3n) is 24.3. The van der Waals surface area contributed by atoms with Gasteiger partial charge in [0, 0.05) is 118 Å². The maximum Gasteiger partial charge on any atom is 0.231 e. The largest absolute Gasteiger partial charge is 0.454 e. The van der Waals surface area contributed by atoms with Gasteiger partial charge in [-0.15, -0.1) is 0 Å². The fraction of sp³-hybridized carbons (Fsp3) is 0.224. The molecule has 588 valence electrons. The van der Waals surface area contributed by atoms with Gasteiger partial charge in [0.05, 0.1) is 22.7 Å². The van der Waals surface area contributed by atoms with Crippen molar-refractivity contribution in [2.45, 2.75) is 72.3 Å². The van der Waals surface area contributed by atoms with Crippen LogP contribution in [0.3, 0.4) is 0 Å². The molecule has 0 N–H and O–H groups in total. The van der Waals surface area contributed by atoms with Crippen molar-refractivity contribution in [3.8, 4) is 136 Å². The molecule has 0 aromatic heterocycles. The highest BCUT2D eigenvalue weighted by Crippen LogP contribution is 2.58. The second-order valence-corrected chi connectivity index (χ2v) is 31.1. The van der Waals surface area contributed by atoms with Crippen LogP contribution in [0.15, 0.2) is 206 Å². The minimum absolute atomic E-state index is 0.272. The summed E-state index contributed by atoms with van der Waals surface area (Å²) in [6.07, 6.45) is 4.33. The predicted molar refractivity (Wildman–Crippen MR) is 451 cm³/mol. The molecule has 118 heavy (non-hydrogen) atoms. The summed E-state index contributed by atoms with van der Waals surface area (Å²) in [6.45, 7) is 13.6. The first-order valence-corrected chi connectivity index (χ1v) is 40.6. The molecule has 0 unspecified atom stereocenters. The van der Waals surface area contributed by atoms with Crippen molar-refractivity contribution in [2.75, 3.05) is 93.6 Å². The lowest BCUT2D eigenvalue weighted by Gasteiger charge is -2.34. The molecule has 0 saturated carbocycles. The quantitative estimate of drug-likeness (QED) is 0.127. The molecule has 12 heterocycles. The number of unbranched alkanes of at least 4 members (excludes halogenated alkanes) is 1. The Morgan fingerprint density at radius 3 is 0.856 bits per heavy atom. The van der Waals surface area contributed by atoms with Crippen LogP contribution in [-0.2, 0) is 39.1 Å². The first kappa shape index (κ1) is 69.6. The lowest BCUT2D eigenvalue weighted by Crippen LogP contribution is -2.29. The lowest BCUT2D eigenvalue weighted by molar-refractivity contribution is 0.173. The third kappa shape index (κ3) is 11.7. The zero-order valence-electron chi connectivity index (χ0n) is 65.1. The molecule has 14 aromatic rings. The van der Waals surface area contributed by atoms with Gasteiger partial charge in [-0.1, -0.05) is 129 Å². The summed E-state index contributed by atoms with van der Waals surface area (Å²) in [4.78, 5) is 9.83. The number of hydrogen-bond donors (Lipinski definition) is 0. The number of nitrogens with zero attached hydrogens (tertiary/aromatic N) is 4. The van der Waals surface area contributed by atoms with E-state index in [1.807, 2.05) is 24.3 Å². The molecule has 0 aliphatic carbocycles. The average Bonchev–Trinajstić information content (AvgIpc) is 1.29. The van der Waals surface area contributed by atoms with E-state index < -0.39 is 0 Å². The number of ether oxygens (including phenoxy) is 16. The van der Waals surface area contributed by atoms with E-state index in [-0.39, 0.29) is 27.2 Å². The SMILES string of the molecule is CCCCN1Cc2c(ccc3c2OCO3)-c2ccc3cc4c(cc3c21)OCO4.CCCN1Cc2c(ccc3c2OCO3)-c2ccc3cc4c(cc3c21)OCO4.c1ccc(CCN2Cc3c(ccc4c3OCO4)-c3ccc4cc5c(cc4c32)OCO5)cc1.c1ccc(CN2Cc3c(ccc4c3OCO4)-c3ccc4cc5c(cc4c32)OCO5)cc1. The molecule has 12 aliphatic rings. The van der Waals surface area contributed by atoms with Crippen molar-refractivity contribution in [2.24, 2.45) is 0 Å².